The zero-order chi connectivity index (χ0) is 28.2. The van der Waals surface area contributed by atoms with Crippen molar-refractivity contribution in [2.45, 2.75) is 38.1 Å². The van der Waals surface area contributed by atoms with Gasteiger partial charge in [-0.15, -0.1) is 0 Å². The number of amides is 1. The molecule has 1 aromatic carbocycles. The normalized spacial score (nSPS) is 16.1. The maximum absolute atomic E-state index is 12.3. The number of carbonyl (C=O) groups is 1. The summed E-state index contributed by atoms with van der Waals surface area (Å²) in [5, 5.41) is 11.2. The number of hydrogen-bond acceptors (Lipinski definition) is 8. The molecule has 1 aliphatic carbocycles. The van der Waals surface area contributed by atoms with E-state index >= 15 is 0 Å². The molecular formula is C31H34N8O2. The lowest BCUT2D eigenvalue weighted by Crippen LogP contribution is -2.21. The second kappa shape index (κ2) is 11.7. The van der Waals surface area contributed by atoms with Gasteiger partial charge in [0.1, 0.15) is 5.75 Å². The molecule has 210 valence electrons. The number of benzene rings is 1. The van der Waals surface area contributed by atoms with Gasteiger partial charge in [0.25, 0.3) is 0 Å². The number of methoxy groups -OCH3 is 1. The summed E-state index contributed by atoms with van der Waals surface area (Å²) < 4.78 is 7.57. The Hall–Kier alpha value is -4.86. The van der Waals surface area contributed by atoms with Crippen LogP contribution in [0.15, 0.2) is 80.0 Å². The van der Waals surface area contributed by atoms with Gasteiger partial charge >= 0.3 is 0 Å². The third kappa shape index (κ3) is 6.01. The van der Waals surface area contributed by atoms with Gasteiger partial charge in [0.2, 0.25) is 11.9 Å². The number of allylic oxidation sites excluding steroid dienone is 4. The highest BCUT2D eigenvalue weighted by Gasteiger charge is 2.30. The molecule has 0 atom stereocenters. The molecule has 0 spiro atoms. The second-order valence-electron chi connectivity index (χ2n) is 10.3. The fourth-order valence-corrected chi connectivity index (χ4v) is 5.16. The molecule has 3 aliphatic rings. The first kappa shape index (κ1) is 26.4. The van der Waals surface area contributed by atoms with Gasteiger partial charge < -0.3 is 25.2 Å². The van der Waals surface area contributed by atoms with Crippen molar-refractivity contribution in [1.82, 2.24) is 24.6 Å². The van der Waals surface area contributed by atoms with Crippen LogP contribution in [0.25, 0.3) is 5.82 Å². The van der Waals surface area contributed by atoms with Crippen molar-refractivity contribution in [1.29, 1.82) is 0 Å². The summed E-state index contributed by atoms with van der Waals surface area (Å²) in [5.41, 5.74) is 4.53. The summed E-state index contributed by atoms with van der Waals surface area (Å²) in [7, 11) is 1.63. The van der Waals surface area contributed by atoms with E-state index in [4.69, 9.17) is 14.8 Å². The Labute approximate surface area is 239 Å². The van der Waals surface area contributed by atoms with Crippen LogP contribution in [-0.2, 0) is 11.3 Å². The Morgan fingerprint density at radius 2 is 1.90 bits per heavy atom. The molecule has 2 aromatic heterocycles. The van der Waals surface area contributed by atoms with E-state index in [0.29, 0.717) is 34.8 Å². The minimum atomic E-state index is -0.275. The van der Waals surface area contributed by atoms with E-state index in [0.717, 1.165) is 56.7 Å². The van der Waals surface area contributed by atoms with Crippen LogP contribution in [0.1, 0.15) is 42.9 Å². The maximum atomic E-state index is 12.3. The van der Waals surface area contributed by atoms with E-state index < -0.39 is 0 Å². The van der Waals surface area contributed by atoms with E-state index in [1.165, 1.54) is 11.6 Å². The first-order valence-corrected chi connectivity index (χ1v) is 14.0. The van der Waals surface area contributed by atoms with Crippen LogP contribution in [0.5, 0.6) is 5.75 Å². The highest BCUT2D eigenvalue weighted by atomic mass is 16.5. The molecule has 6 rings (SSSR count). The van der Waals surface area contributed by atoms with Gasteiger partial charge in [-0.2, -0.15) is 10.1 Å². The summed E-state index contributed by atoms with van der Waals surface area (Å²) in [4.78, 5) is 25.9. The average molecular weight is 551 g/mol. The maximum Gasteiger partial charge on any atom is 0.247 e. The third-order valence-corrected chi connectivity index (χ3v) is 7.36. The van der Waals surface area contributed by atoms with Crippen molar-refractivity contribution in [3.63, 3.8) is 0 Å². The fraction of sp³-hybridized carbons (Fsp3) is 0.290. The molecule has 0 radical (unpaired) electrons. The molecule has 1 saturated carbocycles. The van der Waals surface area contributed by atoms with Gasteiger partial charge in [-0.3, -0.25) is 4.79 Å². The summed E-state index contributed by atoms with van der Waals surface area (Å²) in [6, 6.07) is 5.65. The Bertz CT molecular complexity index is 1510. The number of carbonyl (C=O) groups excluding carboxylic acids is 1. The fourth-order valence-electron chi connectivity index (χ4n) is 5.16. The van der Waals surface area contributed by atoms with Crippen molar-refractivity contribution < 1.29 is 9.53 Å². The summed E-state index contributed by atoms with van der Waals surface area (Å²) in [6.07, 6.45) is 21.8. The topological polar surface area (TPSA) is 100 Å². The van der Waals surface area contributed by atoms with Gasteiger partial charge in [0.05, 0.1) is 36.4 Å². The van der Waals surface area contributed by atoms with Crippen LogP contribution in [0, 0.1) is 0 Å². The van der Waals surface area contributed by atoms with E-state index in [9.17, 15) is 4.79 Å². The Morgan fingerprint density at radius 1 is 1.12 bits per heavy atom. The number of anilines is 4. The predicted molar refractivity (Wildman–Crippen MR) is 161 cm³/mol. The standard InChI is InChI=1S/C31H34N8O2/c1-3-29(40)33-24-18-25(27(41-2)19-26(24)38-16-8-9-17-38)34-31-32-13-12-28(35-31)39-21-23(30(36-39)22-10-11-22)20-37-14-6-4-5-7-15-37/h3-7,12-15,18-19,21-22H,1,8-11,16-17,20H2,2H3,(H,33,40)(H,32,34,35). The smallest absolute Gasteiger partial charge is 0.247 e. The number of nitrogens with one attached hydrogen (secondary N) is 2. The average Bonchev–Trinajstić information content (AvgIpc) is 3.61. The lowest BCUT2D eigenvalue weighted by Gasteiger charge is -2.24. The first-order chi connectivity index (χ1) is 20.1. The summed E-state index contributed by atoms with van der Waals surface area (Å²) in [5.74, 6) is 1.90. The summed E-state index contributed by atoms with van der Waals surface area (Å²) in [6.45, 7) is 6.18. The molecule has 3 aromatic rings. The lowest BCUT2D eigenvalue weighted by molar-refractivity contribution is -0.111. The number of nitrogens with zero attached hydrogens (tertiary/aromatic N) is 6. The molecular weight excluding hydrogens is 516 g/mol. The monoisotopic (exact) mass is 550 g/mol. The highest BCUT2D eigenvalue weighted by molar-refractivity contribution is 6.02. The zero-order valence-electron chi connectivity index (χ0n) is 23.2. The van der Waals surface area contributed by atoms with Crippen molar-refractivity contribution in [3.05, 3.63) is 91.2 Å². The van der Waals surface area contributed by atoms with E-state index in [2.05, 4.69) is 50.6 Å². The van der Waals surface area contributed by atoms with Crippen molar-refractivity contribution >= 4 is 28.9 Å². The molecule has 10 nitrogen and oxygen atoms in total. The van der Waals surface area contributed by atoms with Gasteiger partial charge in [-0.1, -0.05) is 18.7 Å². The molecule has 4 heterocycles. The van der Waals surface area contributed by atoms with E-state index in [1.54, 1.807) is 13.3 Å². The number of aromatic nitrogens is 4. The predicted octanol–water partition coefficient (Wildman–Crippen LogP) is 5.42. The molecule has 0 unspecified atom stereocenters. The van der Waals surface area contributed by atoms with Crippen LogP contribution < -0.4 is 20.3 Å². The molecule has 2 aliphatic heterocycles. The van der Waals surface area contributed by atoms with E-state index in [-0.39, 0.29) is 5.91 Å². The van der Waals surface area contributed by atoms with Crippen molar-refractivity contribution in [2.24, 2.45) is 0 Å². The van der Waals surface area contributed by atoms with Gasteiger partial charge in [-0.05, 0) is 50.0 Å². The van der Waals surface area contributed by atoms with Crippen LogP contribution in [0.4, 0.5) is 23.0 Å². The third-order valence-electron chi connectivity index (χ3n) is 7.36. The largest absolute Gasteiger partial charge is 0.494 e. The SMILES string of the molecule is C=CC(=O)Nc1cc(Nc2nccc(-n3cc(CN4C=CC=CC=C4)c(C4CC4)n3)n2)c(OC)cc1N1CCCC1. The van der Waals surface area contributed by atoms with Crippen LogP contribution in [0.3, 0.4) is 0 Å². The Kier molecular flexibility index (Phi) is 7.53. The highest BCUT2D eigenvalue weighted by Crippen LogP contribution is 2.42. The zero-order valence-corrected chi connectivity index (χ0v) is 23.2. The van der Waals surface area contributed by atoms with Gasteiger partial charge in [0, 0.05) is 61.5 Å². The number of ether oxygens (including phenoxy) is 1. The van der Waals surface area contributed by atoms with E-state index in [1.807, 2.05) is 47.2 Å². The molecule has 41 heavy (non-hydrogen) atoms. The molecule has 2 N–H and O–H groups in total. The molecule has 10 heteroatoms. The molecule has 1 amide bonds. The van der Waals surface area contributed by atoms with Gasteiger partial charge in [-0.25, -0.2) is 9.67 Å². The van der Waals surface area contributed by atoms with Crippen molar-refractivity contribution in [2.75, 3.05) is 35.7 Å². The molecule has 1 saturated heterocycles. The van der Waals surface area contributed by atoms with Gasteiger partial charge in [0.15, 0.2) is 5.82 Å². The minimum Gasteiger partial charge on any atom is -0.494 e. The quantitative estimate of drug-likeness (QED) is 0.323. The molecule has 2 fully saturated rings. The number of rotatable bonds is 10. The van der Waals surface area contributed by atoms with Crippen LogP contribution in [-0.4, -0.2) is 50.8 Å². The minimum absolute atomic E-state index is 0.275. The number of hydrogen-bond donors (Lipinski definition) is 2. The van der Waals surface area contributed by atoms with Crippen LogP contribution in [0.2, 0.25) is 0 Å². The van der Waals surface area contributed by atoms with Crippen LogP contribution >= 0.6 is 0 Å². The molecule has 0 bridgehead atoms. The second-order valence-corrected chi connectivity index (χ2v) is 10.3. The van der Waals surface area contributed by atoms with Crippen molar-refractivity contribution in [3.8, 4) is 11.6 Å². The summed E-state index contributed by atoms with van der Waals surface area (Å²) >= 11 is 0. The lowest BCUT2D eigenvalue weighted by atomic mass is 10.2. The Morgan fingerprint density at radius 3 is 2.61 bits per heavy atom. The Balaban J connectivity index is 1.29. The first-order valence-electron chi connectivity index (χ1n) is 14.0.